The summed E-state index contributed by atoms with van der Waals surface area (Å²) in [6.45, 7) is 6.09. The van der Waals surface area contributed by atoms with Crippen LogP contribution in [-0.4, -0.2) is 87.3 Å². The molecule has 0 radical (unpaired) electrons. The molecule has 3 aliphatic rings. The van der Waals surface area contributed by atoms with Gasteiger partial charge in [0.15, 0.2) is 22.8 Å². The number of aromatic amines is 1. The molecule has 7 heterocycles. The van der Waals surface area contributed by atoms with Crippen molar-refractivity contribution in [3.8, 4) is 11.5 Å². The lowest BCUT2D eigenvalue weighted by atomic mass is 9.73. The molecule has 2 saturated heterocycles. The number of aromatic nitrogens is 7. The van der Waals surface area contributed by atoms with Crippen molar-refractivity contribution < 1.29 is 9.26 Å². The number of nitrogens with zero attached hydrogens (tertiary/aromatic N) is 9. The Hall–Kier alpha value is -3.84. The van der Waals surface area contributed by atoms with E-state index in [-0.39, 0.29) is 17.6 Å². The highest BCUT2D eigenvalue weighted by atomic mass is 16.5. The Morgan fingerprint density at radius 3 is 2.70 bits per heavy atom. The molecule has 37 heavy (non-hydrogen) atoms. The van der Waals surface area contributed by atoms with Gasteiger partial charge in [-0.15, -0.1) is 0 Å². The lowest BCUT2D eigenvalue weighted by Gasteiger charge is -2.41. The van der Waals surface area contributed by atoms with Crippen LogP contribution in [0.1, 0.15) is 19.8 Å². The Labute approximate surface area is 213 Å². The molecule has 0 saturated carbocycles. The molecule has 0 amide bonds. The summed E-state index contributed by atoms with van der Waals surface area (Å²) in [5.41, 5.74) is 9.55. The molecule has 13 heteroatoms. The zero-order valence-corrected chi connectivity index (χ0v) is 20.8. The maximum Gasteiger partial charge on any atom is 0.220 e. The van der Waals surface area contributed by atoms with E-state index in [0.717, 1.165) is 74.3 Å². The van der Waals surface area contributed by atoms with Gasteiger partial charge in [0.2, 0.25) is 12.2 Å². The number of piperidine rings is 1. The van der Waals surface area contributed by atoms with Crippen molar-refractivity contribution in [2.45, 2.75) is 31.9 Å². The first-order valence-corrected chi connectivity index (χ1v) is 12.6. The number of fused-ring (bicyclic) bond motifs is 2. The summed E-state index contributed by atoms with van der Waals surface area (Å²) in [6, 6.07) is 3.98. The monoisotopic (exact) mass is 503 g/mol. The van der Waals surface area contributed by atoms with Gasteiger partial charge in [0, 0.05) is 44.7 Å². The standard InChI is InChI=1S/C24H29N11O2/c1-14-19(25)24(12-36-14)5-7-34(8-6-24)17-11-26-18-21(29-17)30-31-23(18)35-10-9-33(2)22-16(35)4-3-15(28-22)20-27-13-37-32-20/h3-4,11,13-14,19H,5-10,12,25H2,1-2H3,(H,29,30,31)/t14-,19+/m0/s1. The molecule has 3 N–H and O–H groups in total. The van der Waals surface area contributed by atoms with Crippen LogP contribution in [0.5, 0.6) is 0 Å². The second kappa shape index (κ2) is 8.35. The second-order valence-electron chi connectivity index (χ2n) is 10.2. The third-order valence-corrected chi connectivity index (χ3v) is 8.18. The number of rotatable bonds is 3. The summed E-state index contributed by atoms with van der Waals surface area (Å²) in [5, 5.41) is 11.6. The molecule has 1 spiro atoms. The normalized spacial score (nSPS) is 23.3. The highest BCUT2D eigenvalue weighted by Crippen LogP contribution is 2.42. The predicted octanol–water partition coefficient (Wildman–Crippen LogP) is 1.72. The number of hydrogen-bond acceptors (Lipinski definition) is 12. The Bertz CT molecular complexity index is 1430. The predicted molar refractivity (Wildman–Crippen MR) is 137 cm³/mol. The van der Waals surface area contributed by atoms with Crippen LogP contribution >= 0.6 is 0 Å². The number of H-pyrrole nitrogens is 1. The van der Waals surface area contributed by atoms with Crippen molar-refractivity contribution in [2.24, 2.45) is 11.1 Å². The molecule has 13 nitrogen and oxygen atoms in total. The Kier molecular flexibility index (Phi) is 5.05. The molecule has 2 atom stereocenters. The van der Waals surface area contributed by atoms with E-state index in [1.165, 1.54) is 6.39 Å². The fourth-order valence-corrected chi connectivity index (χ4v) is 5.81. The number of nitrogens with one attached hydrogen (secondary N) is 1. The molecular weight excluding hydrogens is 474 g/mol. The van der Waals surface area contributed by atoms with Crippen molar-refractivity contribution >= 4 is 34.3 Å². The maximum absolute atomic E-state index is 6.49. The molecule has 7 rings (SSSR count). The molecule has 192 valence electrons. The summed E-state index contributed by atoms with van der Waals surface area (Å²) in [7, 11) is 2.02. The quantitative estimate of drug-likeness (QED) is 0.419. The van der Waals surface area contributed by atoms with Crippen LogP contribution in [0.4, 0.5) is 23.1 Å². The summed E-state index contributed by atoms with van der Waals surface area (Å²) >= 11 is 0. The van der Waals surface area contributed by atoms with Crippen molar-refractivity contribution in [2.75, 3.05) is 54.5 Å². The fraction of sp³-hybridized carbons (Fsp3) is 0.500. The molecule has 0 bridgehead atoms. The zero-order chi connectivity index (χ0) is 25.1. The summed E-state index contributed by atoms with van der Waals surface area (Å²) in [5.74, 6) is 2.86. The van der Waals surface area contributed by atoms with Crippen molar-refractivity contribution in [1.29, 1.82) is 0 Å². The first-order valence-electron chi connectivity index (χ1n) is 12.6. The van der Waals surface area contributed by atoms with E-state index in [1.54, 1.807) is 0 Å². The minimum atomic E-state index is 0.0705. The van der Waals surface area contributed by atoms with Gasteiger partial charge in [0.05, 0.1) is 24.6 Å². The van der Waals surface area contributed by atoms with E-state index < -0.39 is 0 Å². The van der Waals surface area contributed by atoms with Crippen LogP contribution in [0.25, 0.3) is 22.7 Å². The number of anilines is 4. The third kappa shape index (κ3) is 3.52. The number of ether oxygens (including phenoxy) is 1. The summed E-state index contributed by atoms with van der Waals surface area (Å²) < 4.78 is 10.8. The van der Waals surface area contributed by atoms with Crippen LogP contribution in [0.2, 0.25) is 0 Å². The number of nitrogens with two attached hydrogens (primary N) is 1. The van der Waals surface area contributed by atoms with Gasteiger partial charge < -0.3 is 29.7 Å². The van der Waals surface area contributed by atoms with Gasteiger partial charge in [-0.2, -0.15) is 10.1 Å². The van der Waals surface area contributed by atoms with E-state index in [1.807, 2.05) is 25.4 Å². The Morgan fingerprint density at radius 2 is 1.95 bits per heavy atom. The van der Waals surface area contributed by atoms with Crippen molar-refractivity contribution in [3.05, 3.63) is 24.7 Å². The average Bonchev–Trinajstić information content (AvgIpc) is 3.67. The average molecular weight is 504 g/mol. The number of hydrogen-bond donors (Lipinski definition) is 2. The SMILES string of the molecule is C[C@@H]1OCC2(CCN(c3cnc4c(N5CCN(C)c6nc(-c7ncon7)ccc65)n[nH]c4n3)CC2)[C@@H]1N. The van der Waals surface area contributed by atoms with E-state index >= 15 is 0 Å². The molecule has 4 aromatic rings. The van der Waals surface area contributed by atoms with Crippen LogP contribution in [-0.2, 0) is 4.74 Å². The molecule has 0 aromatic carbocycles. The van der Waals surface area contributed by atoms with E-state index in [2.05, 4.69) is 42.0 Å². The number of likely N-dealkylation sites (N-methyl/N-ethyl adjacent to an activating group) is 1. The zero-order valence-electron chi connectivity index (χ0n) is 20.8. The molecule has 3 aliphatic heterocycles. The topological polar surface area (TPSA) is 151 Å². The van der Waals surface area contributed by atoms with Gasteiger partial charge >= 0.3 is 0 Å². The first kappa shape index (κ1) is 22.4. The Balaban J connectivity index is 1.15. The van der Waals surface area contributed by atoms with E-state index in [9.17, 15) is 0 Å². The molecular formula is C24H29N11O2. The molecule has 4 aromatic heterocycles. The minimum Gasteiger partial charge on any atom is -0.376 e. The van der Waals surface area contributed by atoms with Crippen LogP contribution in [0.3, 0.4) is 0 Å². The summed E-state index contributed by atoms with van der Waals surface area (Å²) in [6.07, 6.45) is 5.25. The highest BCUT2D eigenvalue weighted by molar-refractivity contribution is 5.90. The van der Waals surface area contributed by atoms with Gasteiger partial charge in [-0.3, -0.25) is 5.10 Å². The van der Waals surface area contributed by atoms with Crippen LogP contribution in [0.15, 0.2) is 29.2 Å². The van der Waals surface area contributed by atoms with Crippen LogP contribution < -0.4 is 20.4 Å². The van der Waals surface area contributed by atoms with Crippen molar-refractivity contribution in [3.63, 3.8) is 0 Å². The fourth-order valence-electron chi connectivity index (χ4n) is 5.81. The van der Waals surface area contributed by atoms with Gasteiger partial charge in [-0.25, -0.2) is 15.0 Å². The molecule has 0 unspecified atom stereocenters. The lowest BCUT2D eigenvalue weighted by molar-refractivity contribution is 0.0974. The molecule has 2 fully saturated rings. The van der Waals surface area contributed by atoms with Crippen LogP contribution in [0, 0.1) is 5.41 Å². The van der Waals surface area contributed by atoms with Gasteiger partial charge in [-0.1, -0.05) is 5.16 Å². The minimum absolute atomic E-state index is 0.0705. The highest BCUT2D eigenvalue weighted by Gasteiger charge is 2.47. The van der Waals surface area contributed by atoms with Gasteiger partial charge in [-0.05, 0) is 31.9 Å². The van der Waals surface area contributed by atoms with Gasteiger partial charge in [0.25, 0.3) is 0 Å². The maximum atomic E-state index is 6.49. The number of pyridine rings is 1. The van der Waals surface area contributed by atoms with E-state index in [0.29, 0.717) is 17.2 Å². The van der Waals surface area contributed by atoms with Crippen molar-refractivity contribution in [1.82, 2.24) is 35.3 Å². The van der Waals surface area contributed by atoms with E-state index in [4.69, 9.17) is 29.9 Å². The third-order valence-electron chi connectivity index (χ3n) is 8.18. The van der Waals surface area contributed by atoms with Gasteiger partial charge in [0.1, 0.15) is 11.5 Å². The lowest BCUT2D eigenvalue weighted by Crippen LogP contribution is -2.50. The first-order chi connectivity index (χ1) is 18.0. The second-order valence-corrected chi connectivity index (χ2v) is 10.2. The smallest absolute Gasteiger partial charge is 0.220 e. The largest absolute Gasteiger partial charge is 0.376 e. The Morgan fingerprint density at radius 1 is 1.08 bits per heavy atom. The molecule has 0 aliphatic carbocycles. The summed E-state index contributed by atoms with van der Waals surface area (Å²) in [4.78, 5) is 25.1.